The van der Waals surface area contributed by atoms with Gasteiger partial charge in [0.2, 0.25) is 0 Å². The van der Waals surface area contributed by atoms with Gasteiger partial charge in [0.25, 0.3) is 0 Å². The zero-order valence-electron chi connectivity index (χ0n) is 12.6. The number of methoxy groups -OCH3 is 1. The summed E-state index contributed by atoms with van der Waals surface area (Å²) in [5.41, 5.74) is 3.43. The molecule has 0 aliphatic rings. The number of carbonyl (C=O) groups is 1. The summed E-state index contributed by atoms with van der Waals surface area (Å²) in [4.78, 5) is 11.7. The lowest BCUT2D eigenvalue weighted by Gasteiger charge is -2.16. The van der Waals surface area contributed by atoms with Crippen LogP contribution in [-0.2, 0) is 16.1 Å². The van der Waals surface area contributed by atoms with E-state index in [1.807, 2.05) is 11.6 Å². The van der Waals surface area contributed by atoms with E-state index in [1.165, 1.54) is 12.7 Å². The molecule has 0 aliphatic carbocycles. The smallest absolute Gasteiger partial charge is 0.322 e. The van der Waals surface area contributed by atoms with Gasteiger partial charge in [-0.2, -0.15) is 5.10 Å². The van der Waals surface area contributed by atoms with E-state index < -0.39 is 0 Å². The van der Waals surface area contributed by atoms with Gasteiger partial charge in [-0.3, -0.25) is 9.48 Å². The summed E-state index contributed by atoms with van der Waals surface area (Å²) in [7, 11) is 1.43. The van der Waals surface area contributed by atoms with Crippen molar-refractivity contribution in [3.05, 3.63) is 17.0 Å². The van der Waals surface area contributed by atoms with Gasteiger partial charge < -0.3 is 10.1 Å². The van der Waals surface area contributed by atoms with Crippen LogP contribution in [0.1, 0.15) is 36.7 Å². The Morgan fingerprint density at radius 3 is 2.58 bits per heavy atom. The lowest BCUT2D eigenvalue weighted by Crippen LogP contribution is -2.39. The Balaban J connectivity index is 2.64. The Labute approximate surface area is 115 Å². The molecule has 0 aromatic carbocycles. The molecule has 1 heterocycles. The molecule has 1 aromatic heterocycles. The number of aromatic nitrogens is 2. The van der Waals surface area contributed by atoms with Crippen molar-refractivity contribution in [2.75, 3.05) is 13.7 Å². The van der Waals surface area contributed by atoms with Crippen LogP contribution < -0.4 is 5.32 Å². The first kappa shape index (κ1) is 15.7. The predicted molar refractivity (Wildman–Crippen MR) is 75.2 cm³/mol. The van der Waals surface area contributed by atoms with Crippen LogP contribution in [0.15, 0.2) is 0 Å². The van der Waals surface area contributed by atoms with Crippen LogP contribution in [-0.4, -0.2) is 35.4 Å². The highest BCUT2D eigenvalue weighted by molar-refractivity contribution is 5.75. The molecule has 0 radical (unpaired) electrons. The average molecular weight is 267 g/mol. The molecule has 108 valence electrons. The van der Waals surface area contributed by atoms with E-state index in [0.717, 1.165) is 30.9 Å². The fourth-order valence-corrected chi connectivity index (χ4v) is 2.02. The fraction of sp³-hybridized carbons (Fsp3) is 0.714. The molecular weight excluding hydrogens is 242 g/mol. The van der Waals surface area contributed by atoms with Gasteiger partial charge in [-0.1, -0.05) is 6.92 Å². The monoisotopic (exact) mass is 267 g/mol. The second-order valence-electron chi connectivity index (χ2n) is 4.84. The standard InChI is InChI=1S/C14H25N3O2/c1-6-8-15-13(14(18)19-5)7-9-17-12(4)10(2)11(3)16-17/h13,15H,6-9H2,1-5H3. The van der Waals surface area contributed by atoms with E-state index in [4.69, 9.17) is 4.74 Å². The maximum atomic E-state index is 11.7. The maximum Gasteiger partial charge on any atom is 0.322 e. The number of hydrogen-bond acceptors (Lipinski definition) is 4. The average Bonchev–Trinajstić information content (AvgIpc) is 2.65. The summed E-state index contributed by atoms with van der Waals surface area (Å²) in [6, 6.07) is -0.255. The Hall–Kier alpha value is -1.36. The van der Waals surface area contributed by atoms with E-state index >= 15 is 0 Å². The molecule has 0 spiro atoms. The van der Waals surface area contributed by atoms with Crippen molar-refractivity contribution >= 4 is 5.97 Å². The normalized spacial score (nSPS) is 12.5. The van der Waals surface area contributed by atoms with Gasteiger partial charge in [-0.05, 0) is 45.7 Å². The molecule has 1 N–H and O–H groups in total. The fourth-order valence-electron chi connectivity index (χ4n) is 2.02. The van der Waals surface area contributed by atoms with E-state index in [9.17, 15) is 4.79 Å². The first-order chi connectivity index (χ1) is 9.01. The molecule has 1 aromatic rings. The van der Waals surface area contributed by atoms with Crippen LogP contribution in [0, 0.1) is 20.8 Å². The van der Waals surface area contributed by atoms with Crippen molar-refractivity contribution in [2.45, 2.75) is 53.1 Å². The van der Waals surface area contributed by atoms with Gasteiger partial charge in [-0.25, -0.2) is 0 Å². The van der Waals surface area contributed by atoms with Crippen molar-refractivity contribution in [3.8, 4) is 0 Å². The molecule has 19 heavy (non-hydrogen) atoms. The molecule has 0 saturated heterocycles. The van der Waals surface area contributed by atoms with Crippen molar-refractivity contribution < 1.29 is 9.53 Å². The van der Waals surface area contributed by atoms with Crippen LogP contribution in [0.2, 0.25) is 0 Å². The Bertz CT molecular complexity index is 427. The summed E-state index contributed by atoms with van der Waals surface area (Å²) in [6.07, 6.45) is 1.68. The molecule has 0 aliphatic heterocycles. The predicted octanol–water partition coefficient (Wildman–Crippen LogP) is 1.74. The van der Waals surface area contributed by atoms with Crippen molar-refractivity contribution in [1.82, 2.24) is 15.1 Å². The summed E-state index contributed by atoms with van der Waals surface area (Å²) < 4.78 is 6.79. The van der Waals surface area contributed by atoms with E-state index in [0.29, 0.717) is 6.42 Å². The second-order valence-corrected chi connectivity index (χ2v) is 4.84. The Kier molecular flexibility index (Phi) is 6.02. The van der Waals surface area contributed by atoms with Crippen LogP contribution in [0.5, 0.6) is 0 Å². The number of nitrogens with one attached hydrogen (secondary N) is 1. The van der Waals surface area contributed by atoms with Crippen LogP contribution >= 0.6 is 0 Å². The van der Waals surface area contributed by atoms with Gasteiger partial charge in [-0.15, -0.1) is 0 Å². The third-order valence-electron chi connectivity index (χ3n) is 3.50. The minimum atomic E-state index is -0.255. The summed E-state index contributed by atoms with van der Waals surface area (Å²) in [5, 5.41) is 7.70. The quantitative estimate of drug-likeness (QED) is 0.765. The van der Waals surface area contributed by atoms with Crippen molar-refractivity contribution in [3.63, 3.8) is 0 Å². The number of rotatable bonds is 7. The molecule has 0 fully saturated rings. The summed E-state index contributed by atoms with van der Waals surface area (Å²) >= 11 is 0. The molecule has 1 atom stereocenters. The molecule has 0 bridgehead atoms. The third kappa shape index (κ3) is 4.06. The van der Waals surface area contributed by atoms with Gasteiger partial charge in [0.15, 0.2) is 0 Å². The largest absolute Gasteiger partial charge is 0.468 e. The van der Waals surface area contributed by atoms with Crippen LogP contribution in [0.3, 0.4) is 0 Å². The number of esters is 1. The van der Waals surface area contributed by atoms with E-state index in [-0.39, 0.29) is 12.0 Å². The summed E-state index contributed by atoms with van der Waals surface area (Å²) in [5.74, 6) is -0.202. The lowest BCUT2D eigenvalue weighted by molar-refractivity contribution is -0.143. The number of ether oxygens (including phenoxy) is 1. The lowest BCUT2D eigenvalue weighted by atomic mass is 10.2. The highest BCUT2D eigenvalue weighted by Crippen LogP contribution is 2.12. The van der Waals surface area contributed by atoms with Crippen molar-refractivity contribution in [1.29, 1.82) is 0 Å². The SMILES string of the molecule is CCCNC(CCn1nc(C)c(C)c1C)C(=O)OC. The van der Waals surface area contributed by atoms with Crippen molar-refractivity contribution in [2.24, 2.45) is 0 Å². The Morgan fingerprint density at radius 1 is 1.42 bits per heavy atom. The molecule has 5 heteroatoms. The highest BCUT2D eigenvalue weighted by Gasteiger charge is 2.18. The number of carbonyl (C=O) groups excluding carboxylic acids is 1. The second kappa shape index (κ2) is 7.28. The number of nitrogens with zero attached hydrogens (tertiary/aromatic N) is 2. The minimum absolute atomic E-state index is 0.202. The van der Waals surface area contributed by atoms with Gasteiger partial charge in [0.1, 0.15) is 6.04 Å². The van der Waals surface area contributed by atoms with Gasteiger partial charge in [0, 0.05) is 12.2 Å². The molecule has 1 unspecified atom stereocenters. The first-order valence-electron chi connectivity index (χ1n) is 6.83. The molecule has 0 saturated carbocycles. The molecule has 0 amide bonds. The first-order valence-corrected chi connectivity index (χ1v) is 6.83. The third-order valence-corrected chi connectivity index (χ3v) is 3.50. The maximum absolute atomic E-state index is 11.7. The molecule has 5 nitrogen and oxygen atoms in total. The highest BCUT2D eigenvalue weighted by atomic mass is 16.5. The minimum Gasteiger partial charge on any atom is -0.468 e. The molecular formula is C14H25N3O2. The Morgan fingerprint density at radius 2 is 2.11 bits per heavy atom. The number of aryl methyl sites for hydroxylation is 2. The van der Waals surface area contributed by atoms with E-state index in [2.05, 4.69) is 31.2 Å². The van der Waals surface area contributed by atoms with Crippen LogP contribution in [0.4, 0.5) is 0 Å². The van der Waals surface area contributed by atoms with Gasteiger partial charge >= 0.3 is 5.97 Å². The van der Waals surface area contributed by atoms with E-state index in [1.54, 1.807) is 0 Å². The van der Waals surface area contributed by atoms with Gasteiger partial charge in [0.05, 0.1) is 12.8 Å². The number of hydrogen-bond donors (Lipinski definition) is 1. The zero-order valence-corrected chi connectivity index (χ0v) is 12.6. The zero-order chi connectivity index (χ0) is 14.4. The van der Waals surface area contributed by atoms with Crippen LogP contribution in [0.25, 0.3) is 0 Å². The molecule has 1 rings (SSSR count). The summed E-state index contributed by atoms with van der Waals surface area (Å²) in [6.45, 7) is 9.74. The topological polar surface area (TPSA) is 56.2 Å².